The predicted molar refractivity (Wildman–Crippen MR) is 58.6 cm³/mol. The van der Waals surface area contributed by atoms with Crippen molar-refractivity contribution >= 4 is 11.8 Å². The summed E-state index contributed by atoms with van der Waals surface area (Å²) in [6, 6.07) is 3.90. The zero-order valence-corrected chi connectivity index (χ0v) is 9.82. The molecule has 0 aliphatic heterocycles. The molecule has 0 N–H and O–H groups in total. The molecule has 0 fully saturated rings. The fourth-order valence-electron chi connectivity index (χ4n) is 1.31. The quantitative estimate of drug-likeness (QED) is 0.460. The van der Waals surface area contributed by atoms with Crippen LogP contribution in [0.2, 0.25) is 0 Å². The minimum atomic E-state index is -1.16. The summed E-state index contributed by atoms with van der Waals surface area (Å²) in [7, 11) is 1.27. The number of methoxy groups -OCH3 is 1. The Morgan fingerprint density at radius 3 is 2.61 bits per heavy atom. The van der Waals surface area contributed by atoms with Gasteiger partial charge in [0, 0.05) is 0 Å². The monoisotopic (exact) mass is 251 g/mol. The van der Waals surface area contributed by atoms with Crippen LogP contribution in [0.4, 0.5) is 4.39 Å². The molecule has 0 saturated heterocycles. The van der Waals surface area contributed by atoms with Crippen LogP contribution in [-0.4, -0.2) is 25.5 Å². The Hall–Kier alpha value is -2.42. The lowest BCUT2D eigenvalue weighted by atomic mass is 10.1. The van der Waals surface area contributed by atoms with E-state index in [0.717, 1.165) is 6.07 Å². The number of esters is 1. The van der Waals surface area contributed by atoms with E-state index in [0.29, 0.717) is 0 Å². The number of Topliss-reactive ketones (excluding diaryl/α,β-unsaturated/α-hetero) is 1. The molecule has 0 atom stereocenters. The molecule has 6 heteroatoms. The van der Waals surface area contributed by atoms with Crippen molar-refractivity contribution in [3.05, 3.63) is 29.1 Å². The Balaban J connectivity index is 3.24. The van der Waals surface area contributed by atoms with Gasteiger partial charge in [-0.15, -0.1) is 0 Å². The molecule has 1 aromatic carbocycles. The average molecular weight is 251 g/mol. The highest BCUT2D eigenvalue weighted by Gasteiger charge is 2.24. The number of nitrogens with zero attached hydrogens (tertiary/aromatic N) is 1. The van der Waals surface area contributed by atoms with E-state index >= 15 is 0 Å². The number of halogens is 1. The Kier molecular flexibility index (Phi) is 4.38. The fraction of sp³-hybridized carbons (Fsp3) is 0.250. The molecule has 0 bridgehead atoms. The standard InChI is InChI=1S/C12H10FNO4/c1-3-18-12(16)11(15)7-4-5-9(17-2)8(6-14)10(7)13/h4-5H,3H2,1-2H3. The van der Waals surface area contributed by atoms with Crippen molar-refractivity contribution in [1.29, 1.82) is 5.26 Å². The lowest BCUT2D eigenvalue weighted by molar-refractivity contribution is -0.137. The molecule has 0 aliphatic carbocycles. The Labute approximate surface area is 103 Å². The second-order valence-corrected chi connectivity index (χ2v) is 3.17. The van der Waals surface area contributed by atoms with Crippen molar-refractivity contribution in [3.8, 4) is 11.8 Å². The molecular weight excluding hydrogens is 241 g/mol. The molecule has 0 aromatic heterocycles. The van der Waals surface area contributed by atoms with Crippen LogP contribution in [-0.2, 0) is 9.53 Å². The number of carbonyl (C=O) groups excluding carboxylic acids is 2. The van der Waals surface area contributed by atoms with Crippen molar-refractivity contribution in [3.63, 3.8) is 0 Å². The molecule has 0 aliphatic rings. The summed E-state index contributed by atoms with van der Waals surface area (Å²) >= 11 is 0. The van der Waals surface area contributed by atoms with Crippen LogP contribution in [0.15, 0.2) is 12.1 Å². The van der Waals surface area contributed by atoms with Crippen LogP contribution >= 0.6 is 0 Å². The van der Waals surface area contributed by atoms with Crippen molar-refractivity contribution in [2.75, 3.05) is 13.7 Å². The van der Waals surface area contributed by atoms with Gasteiger partial charge in [0.15, 0.2) is 5.82 Å². The van der Waals surface area contributed by atoms with Crippen LogP contribution in [0, 0.1) is 17.1 Å². The topological polar surface area (TPSA) is 76.4 Å². The maximum atomic E-state index is 13.8. The molecule has 5 nitrogen and oxygen atoms in total. The van der Waals surface area contributed by atoms with Crippen LogP contribution in [0.3, 0.4) is 0 Å². The maximum Gasteiger partial charge on any atom is 0.379 e. The normalized spacial score (nSPS) is 9.44. The van der Waals surface area contributed by atoms with Crippen LogP contribution in [0.25, 0.3) is 0 Å². The number of rotatable bonds is 4. The van der Waals surface area contributed by atoms with Gasteiger partial charge in [0.1, 0.15) is 17.4 Å². The zero-order valence-electron chi connectivity index (χ0n) is 9.82. The molecule has 94 valence electrons. The predicted octanol–water partition coefficient (Wildman–Crippen LogP) is 1.45. The summed E-state index contributed by atoms with van der Waals surface area (Å²) in [5, 5.41) is 8.78. The van der Waals surface area contributed by atoms with Gasteiger partial charge in [-0.25, -0.2) is 9.18 Å². The second kappa shape index (κ2) is 5.77. The molecule has 0 unspecified atom stereocenters. The maximum absolute atomic E-state index is 13.8. The fourth-order valence-corrected chi connectivity index (χ4v) is 1.31. The van der Waals surface area contributed by atoms with E-state index in [2.05, 4.69) is 4.74 Å². The third kappa shape index (κ3) is 2.46. The number of ether oxygens (including phenoxy) is 2. The van der Waals surface area contributed by atoms with E-state index in [9.17, 15) is 14.0 Å². The largest absolute Gasteiger partial charge is 0.495 e. The van der Waals surface area contributed by atoms with E-state index in [-0.39, 0.29) is 12.4 Å². The minimum Gasteiger partial charge on any atom is -0.495 e. The van der Waals surface area contributed by atoms with Gasteiger partial charge in [-0.3, -0.25) is 4.79 Å². The number of hydrogen-bond acceptors (Lipinski definition) is 5. The summed E-state index contributed by atoms with van der Waals surface area (Å²) < 4.78 is 23.1. The van der Waals surface area contributed by atoms with Crippen LogP contribution < -0.4 is 4.74 Å². The molecule has 0 radical (unpaired) electrons. The molecule has 0 spiro atoms. The van der Waals surface area contributed by atoms with Gasteiger partial charge < -0.3 is 9.47 Å². The van der Waals surface area contributed by atoms with Gasteiger partial charge in [-0.1, -0.05) is 0 Å². The van der Waals surface area contributed by atoms with E-state index in [4.69, 9.17) is 10.00 Å². The second-order valence-electron chi connectivity index (χ2n) is 3.17. The molecule has 1 aromatic rings. The average Bonchev–Trinajstić information content (AvgIpc) is 2.37. The van der Waals surface area contributed by atoms with Gasteiger partial charge in [-0.05, 0) is 19.1 Å². The van der Waals surface area contributed by atoms with Crippen LogP contribution in [0.5, 0.6) is 5.75 Å². The Bertz CT molecular complexity index is 534. The van der Waals surface area contributed by atoms with Gasteiger partial charge in [0.25, 0.3) is 5.78 Å². The van der Waals surface area contributed by atoms with E-state index in [1.807, 2.05) is 0 Å². The summed E-state index contributed by atoms with van der Waals surface area (Å²) in [6.07, 6.45) is 0. The first kappa shape index (κ1) is 13.6. The third-order valence-electron chi connectivity index (χ3n) is 2.14. The number of nitriles is 1. The lowest BCUT2D eigenvalue weighted by Gasteiger charge is -2.07. The Morgan fingerprint density at radius 2 is 2.11 bits per heavy atom. The van der Waals surface area contributed by atoms with Crippen molar-refractivity contribution in [2.45, 2.75) is 6.92 Å². The van der Waals surface area contributed by atoms with Crippen molar-refractivity contribution in [1.82, 2.24) is 0 Å². The van der Waals surface area contributed by atoms with Crippen molar-refractivity contribution < 1.29 is 23.5 Å². The summed E-state index contributed by atoms with van der Waals surface area (Å²) in [5.74, 6) is -3.38. The highest BCUT2D eigenvalue weighted by atomic mass is 19.1. The van der Waals surface area contributed by atoms with Gasteiger partial charge in [-0.2, -0.15) is 5.26 Å². The number of hydrogen-bond donors (Lipinski definition) is 0. The first-order chi connectivity index (χ1) is 8.56. The SMILES string of the molecule is CCOC(=O)C(=O)c1ccc(OC)c(C#N)c1F. The van der Waals surface area contributed by atoms with E-state index in [1.54, 1.807) is 6.07 Å². The van der Waals surface area contributed by atoms with E-state index < -0.39 is 28.7 Å². The highest BCUT2D eigenvalue weighted by molar-refractivity contribution is 6.40. The van der Waals surface area contributed by atoms with E-state index in [1.165, 1.54) is 20.1 Å². The number of ketones is 1. The van der Waals surface area contributed by atoms with Crippen LogP contribution in [0.1, 0.15) is 22.8 Å². The molecule has 0 amide bonds. The third-order valence-corrected chi connectivity index (χ3v) is 2.14. The minimum absolute atomic E-state index is 0.00425. The smallest absolute Gasteiger partial charge is 0.379 e. The Morgan fingerprint density at radius 1 is 1.44 bits per heavy atom. The molecule has 0 heterocycles. The first-order valence-electron chi connectivity index (χ1n) is 5.04. The number of carbonyl (C=O) groups is 2. The van der Waals surface area contributed by atoms with Gasteiger partial charge in [0.05, 0.1) is 19.3 Å². The molecular formula is C12H10FNO4. The zero-order chi connectivity index (χ0) is 13.7. The summed E-state index contributed by atoms with van der Waals surface area (Å²) in [4.78, 5) is 22.8. The van der Waals surface area contributed by atoms with Crippen molar-refractivity contribution in [2.24, 2.45) is 0 Å². The summed E-state index contributed by atoms with van der Waals surface area (Å²) in [5.41, 5.74) is -0.932. The molecule has 1 rings (SSSR count). The highest BCUT2D eigenvalue weighted by Crippen LogP contribution is 2.23. The van der Waals surface area contributed by atoms with Gasteiger partial charge >= 0.3 is 5.97 Å². The van der Waals surface area contributed by atoms with Gasteiger partial charge in [0.2, 0.25) is 0 Å². The molecule has 0 saturated carbocycles. The first-order valence-corrected chi connectivity index (χ1v) is 5.04. The summed E-state index contributed by atoms with van der Waals surface area (Å²) in [6.45, 7) is 1.53. The number of benzene rings is 1. The lowest BCUT2D eigenvalue weighted by Crippen LogP contribution is -2.19. The molecule has 18 heavy (non-hydrogen) atoms.